The number of hydrogen-bond donors (Lipinski definition) is 1. The molecule has 0 amide bonds. The van der Waals surface area contributed by atoms with Crippen LogP contribution in [-0.4, -0.2) is 24.3 Å². The maximum Gasteiger partial charge on any atom is 0.344 e. The predicted octanol–water partition coefficient (Wildman–Crippen LogP) is 6.62. The van der Waals surface area contributed by atoms with Crippen LogP contribution >= 0.6 is 0 Å². The lowest BCUT2D eigenvalue weighted by Crippen LogP contribution is -2.15. The molecule has 0 aliphatic heterocycles. The summed E-state index contributed by atoms with van der Waals surface area (Å²) in [5, 5.41) is 9.51. The van der Waals surface area contributed by atoms with E-state index in [0.29, 0.717) is 12.4 Å². The van der Waals surface area contributed by atoms with Crippen LogP contribution in [0.25, 0.3) is 11.1 Å². The van der Waals surface area contributed by atoms with E-state index in [4.69, 9.17) is 14.2 Å². The lowest BCUT2D eigenvalue weighted by Gasteiger charge is -2.21. The Labute approximate surface area is 195 Å². The lowest BCUT2D eigenvalue weighted by molar-refractivity contribution is -0.145. The standard InChI is InChI=1S/C28H32O5/c1-4-6-7-27(23-10-8-21(9-11-23)22-12-14-24(29)15-13-22)33-25-16-17-26(20(3)18-25)32-19-28(30)31-5-2/h8-18,27,29H,4-7,19H2,1-3H3. The Balaban J connectivity index is 1.72. The zero-order chi connectivity index (χ0) is 23.6. The fraction of sp³-hybridized carbons (Fsp3) is 0.321. The molecular formula is C28H32O5. The second-order valence-corrected chi connectivity index (χ2v) is 7.94. The lowest BCUT2D eigenvalue weighted by atomic mass is 9.99. The van der Waals surface area contributed by atoms with E-state index >= 15 is 0 Å². The van der Waals surface area contributed by atoms with Crippen LogP contribution in [0.1, 0.15) is 50.3 Å². The van der Waals surface area contributed by atoms with Crippen molar-refractivity contribution < 1.29 is 24.1 Å². The van der Waals surface area contributed by atoms with Gasteiger partial charge in [0, 0.05) is 0 Å². The van der Waals surface area contributed by atoms with Crippen molar-refractivity contribution in [3.05, 3.63) is 77.9 Å². The Kier molecular flexibility index (Phi) is 8.76. The smallest absolute Gasteiger partial charge is 0.344 e. The summed E-state index contributed by atoms with van der Waals surface area (Å²) in [6.07, 6.45) is 2.99. The summed E-state index contributed by atoms with van der Waals surface area (Å²) < 4.78 is 16.9. The molecule has 0 bridgehead atoms. The fourth-order valence-electron chi connectivity index (χ4n) is 3.59. The average molecular weight is 449 g/mol. The first-order valence-electron chi connectivity index (χ1n) is 11.4. The van der Waals surface area contributed by atoms with E-state index < -0.39 is 0 Å². The van der Waals surface area contributed by atoms with E-state index in [1.54, 1.807) is 19.1 Å². The van der Waals surface area contributed by atoms with Crippen molar-refractivity contribution in [2.75, 3.05) is 13.2 Å². The van der Waals surface area contributed by atoms with Gasteiger partial charge in [-0.15, -0.1) is 0 Å². The molecule has 0 radical (unpaired) electrons. The molecule has 33 heavy (non-hydrogen) atoms. The number of esters is 1. The van der Waals surface area contributed by atoms with E-state index in [-0.39, 0.29) is 24.4 Å². The van der Waals surface area contributed by atoms with E-state index in [0.717, 1.165) is 47.3 Å². The number of rotatable bonds is 11. The molecule has 1 N–H and O–H groups in total. The molecule has 3 aromatic carbocycles. The number of aromatic hydroxyl groups is 1. The van der Waals surface area contributed by atoms with Gasteiger partial charge in [-0.2, -0.15) is 0 Å². The van der Waals surface area contributed by atoms with Gasteiger partial charge in [-0.05, 0) is 79.3 Å². The molecule has 5 nitrogen and oxygen atoms in total. The number of unbranched alkanes of at least 4 members (excludes halogenated alkanes) is 1. The highest BCUT2D eigenvalue weighted by Crippen LogP contribution is 2.31. The molecule has 0 aromatic heterocycles. The third-order valence-electron chi connectivity index (χ3n) is 5.38. The first kappa shape index (κ1) is 24.2. The van der Waals surface area contributed by atoms with Crippen molar-refractivity contribution in [1.29, 1.82) is 0 Å². The summed E-state index contributed by atoms with van der Waals surface area (Å²) in [5.74, 6) is 1.28. The normalized spacial score (nSPS) is 11.6. The number of phenolic OH excluding ortho intramolecular Hbond substituents is 1. The van der Waals surface area contributed by atoms with E-state index in [9.17, 15) is 9.90 Å². The van der Waals surface area contributed by atoms with Crippen LogP contribution in [0.3, 0.4) is 0 Å². The number of carbonyl (C=O) groups excluding carboxylic acids is 1. The number of hydrogen-bond acceptors (Lipinski definition) is 5. The van der Waals surface area contributed by atoms with Gasteiger partial charge < -0.3 is 19.3 Å². The maximum atomic E-state index is 11.5. The molecule has 0 aliphatic carbocycles. The molecule has 3 rings (SSSR count). The molecule has 174 valence electrons. The third-order valence-corrected chi connectivity index (χ3v) is 5.38. The molecule has 1 atom stereocenters. The minimum Gasteiger partial charge on any atom is -0.508 e. The van der Waals surface area contributed by atoms with Gasteiger partial charge >= 0.3 is 5.97 Å². The number of carbonyl (C=O) groups is 1. The highest BCUT2D eigenvalue weighted by atomic mass is 16.6. The Hall–Kier alpha value is -3.47. The van der Waals surface area contributed by atoms with E-state index in [1.165, 1.54) is 0 Å². The highest BCUT2D eigenvalue weighted by molar-refractivity contribution is 5.71. The molecule has 0 saturated heterocycles. The Morgan fingerprint density at radius 3 is 2.21 bits per heavy atom. The molecule has 0 spiro atoms. The summed E-state index contributed by atoms with van der Waals surface area (Å²) in [6.45, 7) is 6.10. The SMILES string of the molecule is CCCCC(Oc1ccc(OCC(=O)OCC)c(C)c1)c1ccc(-c2ccc(O)cc2)cc1. The quantitative estimate of drug-likeness (QED) is 0.334. The van der Waals surface area contributed by atoms with Crippen LogP contribution in [0.2, 0.25) is 0 Å². The summed E-state index contributed by atoms with van der Waals surface area (Å²) in [7, 11) is 0. The zero-order valence-electron chi connectivity index (χ0n) is 19.5. The minimum absolute atomic E-state index is 0.0653. The van der Waals surface area contributed by atoms with Gasteiger partial charge in [0.15, 0.2) is 6.61 Å². The Morgan fingerprint density at radius 1 is 0.939 bits per heavy atom. The second kappa shape index (κ2) is 12.0. The second-order valence-electron chi connectivity index (χ2n) is 7.94. The molecule has 0 fully saturated rings. The van der Waals surface area contributed by atoms with Crippen LogP contribution in [0.15, 0.2) is 66.7 Å². The summed E-state index contributed by atoms with van der Waals surface area (Å²) in [6, 6.07) is 21.2. The highest BCUT2D eigenvalue weighted by Gasteiger charge is 2.15. The van der Waals surface area contributed by atoms with Crippen molar-refractivity contribution in [3.63, 3.8) is 0 Å². The summed E-state index contributed by atoms with van der Waals surface area (Å²) >= 11 is 0. The van der Waals surface area contributed by atoms with Crippen molar-refractivity contribution >= 4 is 5.97 Å². The van der Waals surface area contributed by atoms with Gasteiger partial charge in [0.25, 0.3) is 0 Å². The maximum absolute atomic E-state index is 11.5. The van der Waals surface area contributed by atoms with Crippen molar-refractivity contribution in [2.24, 2.45) is 0 Å². The van der Waals surface area contributed by atoms with Gasteiger partial charge in [0.2, 0.25) is 0 Å². The first-order valence-corrected chi connectivity index (χ1v) is 11.4. The number of benzene rings is 3. The van der Waals surface area contributed by atoms with Gasteiger partial charge in [-0.25, -0.2) is 4.79 Å². The largest absolute Gasteiger partial charge is 0.508 e. The number of ether oxygens (including phenoxy) is 3. The van der Waals surface area contributed by atoms with Crippen LogP contribution in [0.4, 0.5) is 0 Å². The average Bonchev–Trinajstić information content (AvgIpc) is 2.82. The predicted molar refractivity (Wildman–Crippen MR) is 130 cm³/mol. The van der Waals surface area contributed by atoms with Crippen molar-refractivity contribution in [1.82, 2.24) is 0 Å². The fourth-order valence-corrected chi connectivity index (χ4v) is 3.59. The van der Waals surface area contributed by atoms with Gasteiger partial charge in [0.1, 0.15) is 23.4 Å². The summed E-state index contributed by atoms with van der Waals surface area (Å²) in [4.78, 5) is 11.5. The molecule has 0 heterocycles. The molecule has 1 unspecified atom stereocenters. The summed E-state index contributed by atoms with van der Waals surface area (Å²) in [5.41, 5.74) is 4.16. The third kappa shape index (κ3) is 7.01. The van der Waals surface area contributed by atoms with Gasteiger partial charge in [-0.1, -0.05) is 49.7 Å². The van der Waals surface area contributed by atoms with Crippen molar-refractivity contribution in [2.45, 2.75) is 46.1 Å². The van der Waals surface area contributed by atoms with Crippen LogP contribution in [0, 0.1) is 6.92 Å². The monoisotopic (exact) mass is 448 g/mol. The van der Waals surface area contributed by atoms with Gasteiger partial charge in [-0.3, -0.25) is 0 Å². The van der Waals surface area contributed by atoms with Crippen molar-refractivity contribution in [3.8, 4) is 28.4 Å². The van der Waals surface area contributed by atoms with Crippen LogP contribution < -0.4 is 9.47 Å². The molecule has 0 saturated carbocycles. The Morgan fingerprint density at radius 2 is 1.61 bits per heavy atom. The van der Waals surface area contributed by atoms with Gasteiger partial charge in [0.05, 0.1) is 6.61 Å². The minimum atomic E-state index is -0.382. The molecule has 0 aliphatic rings. The van der Waals surface area contributed by atoms with E-state index in [1.807, 2.05) is 37.3 Å². The molecule has 3 aromatic rings. The Bertz CT molecular complexity index is 1030. The molecule has 5 heteroatoms. The zero-order valence-corrected chi connectivity index (χ0v) is 19.5. The number of phenols is 1. The van der Waals surface area contributed by atoms with E-state index in [2.05, 4.69) is 31.2 Å². The van der Waals surface area contributed by atoms with Crippen LogP contribution in [-0.2, 0) is 9.53 Å². The molecular weight excluding hydrogens is 416 g/mol. The number of aryl methyl sites for hydroxylation is 1. The van der Waals surface area contributed by atoms with Crippen LogP contribution in [0.5, 0.6) is 17.2 Å². The first-order chi connectivity index (χ1) is 16.0. The topological polar surface area (TPSA) is 65.0 Å².